The number of sulfonamides is 1. The molecule has 2 aliphatic heterocycles. The van der Waals surface area contributed by atoms with Crippen molar-refractivity contribution in [2.75, 3.05) is 54.9 Å². The minimum absolute atomic E-state index is 0.0351. The Bertz CT molecular complexity index is 656. The second-order valence-corrected chi connectivity index (χ2v) is 7.97. The summed E-state index contributed by atoms with van der Waals surface area (Å²) in [6, 6.07) is 0. The molecule has 24 heavy (non-hydrogen) atoms. The summed E-state index contributed by atoms with van der Waals surface area (Å²) in [6.07, 6.45) is 2.24. The number of rotatable bonds is 6. The van der Waals surface area contributed by atoms with Gasteiger partial charge in [-0.2, -0.15) is 15.0 Å². The lowest BCUT2D eigenvalue weighted by Gasteiger charge is -2.28. The van der Waals surface area contributed by atoms with Crippen LogP contribution in [0, 0.1) is 0 Å². The van der Waals surface area contributed by atoms with Gasteiger partial charge in [0.25, 0.3) is 0 Å². The normalized spacial score (nSPS) is 19.0. The first-order chi connectivity index (χ1) is 11.6. The van der Waals surface area contributed by atoms with Gasteiger partial charge in [-0.15, -0.1) is 0 Å². The summed E-state index contributed by atoms with van der Waals surface area (Å²) in [5.41, 5.74) is 0. The lowest BCUT2D eigenvalue weighted by atomic mass is 10.4. The first-order valence-electron chi connectivity index (χ1n) is 8.37. The number of hydrogen-bond acceptors (Lipinski definition) is 8. The standard InChI is InChI=1S/C14H24N6O3S/c1-2-24(21,22)15-11-12-16-13(19-5-3-4-6-19)18-14(17-12)20-7-9-23-10-8-20/h15H,2-11H2,1H3. The van der Waals surface area contributed by atoms with E-state index >= 15 is 0 Å². The maximum atomic E-state index is 11.7. The van der Waals surface area contributed by atoms with Crippen molar-refractivity contribution in [3.05, 3.63) is 5.82 Å². The maximum absolute atomic E-state index is 11.7. The fraction of sp³-hybridized carbons (Fsp3) is 0.786. The van der Waals surface area contributed by atoms with Gasteiger partial charge >= 0.3 is 0 Å². The molecule has 0 radical (unpaired) electrons. The van der Waals surface area contributed by atoms with Crippen LogP contribution >= 0.6 is 0 Å². The van der Waals surface area contributed by atoms with E-state index in [0.717, 1.165) is 39.0 Å². The Morgan fingerprint density at radius 2 is 1.58 bits per heavy atom. The molecule has 0 aliphatic carbocycles. The topological polar surface area (TPSA) is 101 Å². The molecule has 0 bridgehead atoms. The molecule has 9 nitrogen and oxygen atoms in total. The number of hydrogen-bond donors (Lipinski definition) is 1. The Kier molecular flexibility index (Phi) is 5.47. The molecular formula is C14H24N6O3S. The fourth-order valence-electron chi connectivity index (χ4n) is 2.71. The zero-order chi connectivity index (χ0) is 17.0. The van der Waals surface area contributed by atoms with Crippen molar-refractivity contribution in [2.45, 2.75) is 26.3 Å². The molecule has 0 aromatic carbocycles. The Morgan fingerprint density at radius 3 is 2.17 bits per heavy atom. The molecule has 0 spiro atoms. The van der Waals surface area contributed by atoms with E-state index in [1.54, 1.807) is 6.92 Å². The third-order valence-electron chi connectivity index (χ3n) is 4.17. The summed E-state index contributed by atoms with van der Waals surface area (Å²) in [5, 5.41) is 0. The monoisotopic (exact) mass is 356 g/mol. The van der Waals surface area contributed by atoms with Crippen LogP contribution < -0.4 is 14.5 Å². The van der Waals surface area contributed by atoms with Gasteiger partial charge in [0, 0.05) is 26.2 Å². The molecule has 2 fully saturated rings. The smallest absolute Gasteiger partial charge is 0.230 e. The van der Waals surface area contributed by atoms with Crippen molar-refractivity contribution in [3.8, 4) is 0 Å². The lowest BCUT2D eigenvalue weighted by Crippen LogP contribution is -2.38. The minimum Gasteiger partial charge on any atom is -0.378 e. The molecule has 0 unspecified atom stereocenters. The van der Waals surface area contributed by atoms with Crippen LogP contribution in [-0.2, 0) is 21.3 Å². The van der Waals surface area contributed by atoms with Gasteiger partial charge in [0.1, 0.15) is 0 Å². The van der Waals surface area contributed by atoms with Crippen LogP contribution in [0.25, 0.3) is 0 Å². The molecule has 0 saturated carbocycles. The number of anilines is 2. The van der Waals surface area contributed by atoms with Crippen molar-refractivity contribution >= 4 is 21.9 Å². The van der Waals surface area contributed by atoms with Gasteiger partial charge in [0.05, 0.1) is 25.5 Å². The quantitative estimate of drug-likeness (QED) is 0.745. The highest BCUT2D eigenvalue weighted by atomic mass is 32.2. The van der Waals surface area contributed by atoms with Crippen molar-refractivity contribution in [2.24, 2.45) is 0 Å². The van der Waals surface area contributed by atoms with Gasteiger partial charge < -0.3 is 14.5 Å². The first-order valence-corrected chi connectivity index (χ1v) is 10.0. The second kappa shape index (κ2) is 7.58. The van der Waals surface area contributed by atoms with Crippen molar-refractivity contribution in [1.82, 2.24) is 19.7 Å². The average molecular weight is 356 g/mol. The minimum atomic E-state index is -3.28. The molecule has 0 atom stereocenters. The Balaban J connectivity index is 1.84. The summed E-state index contributed by atoms with van der Waals surface area (Å²) < 4.78 is 31.3. The van der Waals surface area contributed by atoms with Crippen LogP contribution in [0.3, 0.4) is 0 Å². The molecule has 134 valence electrons. The van der Waals surface area contributed by atoms with Crippen LogP contribution in [0.2, 0.25) is 0 Å². The molecule has 2 saturated heterocycles. The molecular weight excluding hydrogens is 332 g/mol. The van der Waals surface area contributed by atoms with E-state index in [4.69, 9.17) is 4.74 Å². The van der Waals surface area contributed by atoms with E-state index in [2.05, 4.69) is 29.5 Å². The van der Waals surface area contributed by atoms with Crippen LogP contribution in [0.5, 0.6) is 0 Å². The zero-order valence-electron chi connectivity index (χ0n) is 13.9. The molecule has 1 aromatic heterocycles. The SMILES string of the molecule is CCS(=O)(=O)NCc1nc(N2CCCC2)nc(N2CCOCC2)n1. The van der Waals surface area contributed by atoms with E-state index < -0.39 is 10.0 Å². The zero-order valence-corrected chi connectivity index (χ0v) is 14.8. The predicted octanol–water partition coefficient (Wildman–Crippen LogP) is -0.252. The summed E-state index contributed by atoms with van der Waals surface area (Å²) in [5.74, 6) is 1.72. The van der Waals surface area contributed by atoms with Crippen LogP contribution in [0.1, 0.15) is 25.6 Å². The summed E-state index contributed by atoms with van der Waals surface area (Å²) in [6.45, 7) is 6.26. The molecule has 1 aromatic rings. The second-order valence-electron chi connectivity index (χ2n) is 5.87. The number of nitrogens with one attached hydrogen (secondary N) is 1. The fourth-order valence-corrected chi connectivity index (χ4v) is 3.27. The van der Waals surface area contributed by atoms with Gasteiger partial charge in [-0.05, 0) is 19.8 Å². The number of morpholine rings is 1. The van der Waals surface area contributed by atoms with E-state index in [0.29, 0.717) is 30.9 Å². The van der Waals surface area contributed by atoms with Crippen LogP contribution in [0.4, 0.5) is 11.9 Å². The molecule has 0 amide bonds. The van der Waals surface area contributed by atoms with Gasteiger partial charge in [0.15, 0.2) is 5.82 Å². The Morgan fingerprint density at radius 1 is 1.00 bits per heavy atom. The largest absolute Gasteiger partial charge is 0.378 e. The molecule has 3 rings (SSSR count). The van der Waals surface area contributed by atoms with Gasteiger partial charge in [-0.3, -0.25) is 0 Å². The van der Waals surface area contributed by atoms with E-state index in [-0.39, 0.29) is 12.3 Å². The highest BCUT2D eigenvalue weighted by Gasteiger charge is 2.21. The lowest BCUT2D eigenvalue weighted by molar-refractivity contribution is 0.122. The first kappa shape index (κ1) is 17.3. The third kappa shape index (κ3) is 4.31. The van der Waals surface area contributed by atoms with E-state index in [9.17, 15) is 8.42 Å². The van der Waals surface area contributed by atoms with E-state index in [1.807, 2.05) is 0 Å². The molecule has 10 heteroatoms. The van der Waals surface area contributed by atoms with Crippen LogP contribution in [-0.4, -0.2) is 68.5 Å². The third-order valence-corrected chi connectivity index (χ3v) is 5.52. The van der Waals surface area contributed by atoms with Gasteiger partial charge in [-0.1, -0.05) is 0 Å². The predicted molar refractivity (Wildman–Crippen MR) is 90.6 cm³/mol. The number of aromatic nitrogens is 3. The summed E-state index contributed by atoms with van der Waals surface area (Å²) in [7, 11) is -3.28. The number of ether oxygens (including phenoxy) is 1. The molecule has 1 N–H and O–H groups in total. The van der Waals surface area contributed by atoms with Gasteiger partial charge in [-0.25, -0.2) is 13.1 Å². The van der Waals surface area contributed by atoms with Crippen molar-refractivity contribution in [3.63, 3.8) is 0 Å². The highest BCUT2D eigenvalue weighted by molar-refractivity contribution is 7.89. The Labute approximate surface area is 142 Å². The Hall–Kier alpha value is -1.52. The van der Waals surface area contributed by atoms with E-state index in [1.165, 1.54) is 0 Å². The van der Waals surface area contributed by atoms with Crippen molar-refractivity contribution < 1.29 is 13.2 Å². The van der Waals surface area contributed by atoms with Crippen molar-refractivity contribution in [1.29, 1.82) is 0 Å². The number of nitrogens with zero attached hydrogens (tertiary/aromatic N) is 5. The summed E-state index contributed by atoms with van der Waals surface area (Å²) in [4.78, 5) is 17.7. The molecule has 3 heterocycles. The highest BCUT2D eigenvalue weighted by Crippen LogP contribution is 2.19. The maximum Gasteiger partial charge on any atom is 0.230 e. The van der Waals surface area contributed by atoms with Crippen LogP contribution in [0.15, 0.2) is 0 Å². The summed E-state index contributed by atoms with van der Waals surface area (Å²) >= 11 is 0. The average Bonchev–Trinajstić information content (AvgIpc) is 3.15. The van der Waals surface area contributed by atoms with Gasteiger partial charge in [0.2, 0.25) is 21.9 Å². The molecule has 2 aliphatic rings.